The van der Waals surface area contributed by atoms with Crippen molar-refractivity contribution in [2.24, 2.45) is 0 Å². The van der Waals surface area contributed by atoms with Gasteiger partial charge in [0.1, 0.15) is 0 Å². The van der Waals surface area contributed by atoms with Gasteiger partial charge in [-0.05, 0) is 33.0 Å². The fourth-order valence-electron chi connectivity index (χ4n) is 4.13. The summed E-state index contributed by atoms with van der Waals surface area (Å²) in [5.41, 5.74) is 0. The Balaban J connectivity index is 0. The Kier molecular flexibility index (Phi) is 30.0. The van der Waals surface area contributed by atoms with Crippen LogP contribution in [-0.4, -0.2) is 25.0 Å². The molecule has 0 saturated heterocycles. The molecule has 0 N–H and O–H groups in total. The number of rotatable bonds is 23. The first-order valence-electron chi connectivity index (χ1n) is 13.0. The van der Waals surface area contributed by atoms with Crippen molar-refractivity contribution in [3.63, 3.8) is 0 Å². The van der Waals surface area contributed by atoms with Gasteiger partial charge < -0.3 is 4.90 Å². The number of unbranched alkanes of at least 4 members (excludes halogenated alkanes) is 19. The molecule has 0 aliphatic heterocycles. The van der Waals surface area contributed by atoms with E-state index in [2.05, 4.69) is 25.8 Å². The first-order valence-corrected chi connectivity index (χ1v) is 13.0. The Bertz CT molecular complexity index is 257. The highest BCUT2D eigenvalue weighted by Gasteiger charge is 1.97. The molecular formula is C26H56BrN. The summed E-state index contributed by atoms with van der Waals surface area (Å²) in [4.78, 5) is 2.48. The highest BCUT2D eigenvalue weighted by molar-refractivity contribution is 8.93. The second-order valence-corrected chi connectivity index (χ2v) is 9.02. The molecule has 0 spiro atoms. The molecule has 0 aromatic carbocycles. The summed E-state index contributed by atoms with van der Waals surface area (Å²) in [6.45, 7) is 7.13. The van der Waals surface area contributed by atoms with Gasteiger partial charge in [-0.25, -0.2) is 0 Å². The second kappa shape index (κ2) is 27.4. The van der Waals surface area contributed by atoms with Gasteiger partial charge in [0.05, 0.1) is 0 Å². The maximum Gasteiger partial charge on any atom is -0.00218 e. The van der Waals surface area contributed by atoms with E-state index in [1.807, 2.05) is 0 Å². The summed E-state index contributed by atoms with van der Waals surface area (Å²) in [7, 11) is 2.26. The van der Waals surface area contributed by atoms with Gasteiger partial charge in [0.15, 0.2) is 0 Å². The highest BCUT2D eigenvalue weighted by atomic mass is 79.9. The van der Waals surface area contributed by atoms with E-state index in [9.17, 15) is 0 Å². The molecule has 172 valence electrons. The van der Waals surface area contributed by atoms with Crippen molar-refractivity contribution >= 4 is 17.0 Å². The summed E-state index contributed by atoms with van der Waals surface area (Å²) in [5, 5.41) is 0. The number of halogens is 1. The lowest BCUT2D eigenvalue weighted by Crippen LogP contribution is -2.20. The Hall–Kier alpha value is 0.440. The molecular weight excluding hydrogens is 406 g/mol. The summed E-state index contributed by atoms with van der Waals surface area (Å²) < 4.78 is 0. The maximum absolute atomic E-state index is 2.48. The summed E-state index contributed by atoms with van der Waals surface area (Å²) in [5.74, 6) is 0. The van der Waals surface area contributed by atoms with Crippen LogP contribution in [0.2, 0.25) is 0 Å². The predicted octanol–water partition coefficient (Wildman–Crippen LogP) is 9.73. The van der Waals surface area contributed by atoms with Gasteiger partial charge in [-0.2, -0.15) is 0 Å². The zero-order valence-corrected chi connectivity index (χ0v) is 21.8. The van der Waals surface area contributed by atoms with Gasteiger partial charge in [-0.15, -0.1) is 17.0 Å². The third-order valence-corrected chi connectivity index (χ3v) is 6.00. The van der Waals surface area contributed by atoms with E-state index in [0.29, 0.717) is 0 Å². The summed E-state index contributed by atoms with van der Waals surface area (Å²) >= 11 is 0. The van der Waals surface area contributed by atoms with Crippen LogP contribution in [0.5, 0.6) is 0 Å². The van der Waals surface area contributed by atoms with Gasteiger partial charge in [0, 0.05) is 0 Å². The molecule has 0 saturated carbocycles. The molecule has 1 nitrogen and oxygen atoms in total. The van der Waals surface area contributed by atoms with Gasteiger partial charge in [-0.1, -0.05) is 136 Å². The molecule has 0 atom stereocenters. The number of hydrogen-bond donors (Lipinski definition) is 0. The van der Waals surface area contributed by atoms with Crippen molar-refractivity contribution < 1.29 is 0 Å². The smallest absolute Gasteiger partial charge is 0.00218 e. The molecule has 0 heterocycles. The quantitative estimate of drug-likeness (QED) is 0.137. The van der Waals surface area contributed by atoms with Crippen LogP contribution >= 0.6 is 17.0 Å². The Labute approximate surface area is 190 Å². The minimum atomic E-state index is 0. The van der Waals surface area contributed by atoms with Crippen LogP contribution in [0.4, 0.5) is 0 Å². The van der Waals surface area contributed by atoms with E-state index in [4.69, 9.17) is 0 Å². The van der Waals surface area contributed by atoms with Crippen molar-refractivity contribution in [1.29, 1.82) is 0 Å². The molecule has 2 heteroatoms. The lowest BCUT2D eigenvalue weighted by atomic mass is 10.0. The van der Waals surface area contributed by atoms with Crippen LogP contribution in [0.3, 0.4) is 0 Å². The normalized spacial score (nSPS) is 11.1. The van der Waals surface area contributed by atoms with E-state index >= 15 is 0 Å². The molecule has 0 aromatic heterocycles. The fraction of sp³-hybridized carbons (Fsp3) is 1.00. The molecule has 0 aliphatic rings. The third kappa shape index (κ3) is 26.4. The zero-order chi connectivity index (χ0) is 19.8. The lowest BCUT2D eigenvalue weighted by molar-refractivity contribution is 0.324. The third-order valence-electron chi connectivity index (χ3n) is 6.00. The molecule has 0 aliphatic carbocycles. The zero-order valence-electron chi connectivity index (χ0n) is 20.1. The molecule has 0 fully saturated rings. The largest absolute Gasteiger partial charge is 0.306 e. The average molecular weight is 463 g/mol. The van der Waals surface area contributed by atoms with Crippen LogP contribution in [-0.2, 0) is 0 Å². The average Bonchev–Trinajstić information content (AvgIpc) is 2.66. The van der Waals surface area contributed by atoms with Crippen molar-refractivity contribution in [2.45, 2.75) is 149 Å². The number of nitrogens with zero attached hydrogens (tertiary/aromatic N) is 1. The summed E-state index contributed by atoms with van der Waals surface area (Å²) in [6.07, 6.45) is 30.6. The van der Waals surface area contributed by atoms with Crippen molar-refractivity contribution in [2.75, 3.05) is 20.1 Å². The molecule has 28 heavy (non-hydrogen) atoms. The van der Waals surface area contributed by atoms with Gasteiger partial charge >= 0.3 is 0 Å². The highest BCUT2D eigenvalue weighted by Crippen LogP contribution is 2.14. The molecule has 0 rings (SSSR count). The van der Waals surface area contributed by atoms with Crippen LogP contribution in [0.25, 0.3) is 0 Å². The van der Waals surface area contributed by atoms with Crippen molar-refractivity contribution in [1.82, 2.24) is 4.90 Å². The van der Waals surface area contributed by atoms with Crippen LogP contribution in [0, 0.1) is 0 Å². The minimum Gasteiger partial charge on any atom is -0.306 e. The van der Waals surface area contributed by atoms with Crippen LogP contribution in [0.15, 0.2) is 0 Å². The fourth-order valence-corrected chi connectivity index (χ4v) is 4.13. The minimum absolute atomic E-state index is 0. The molecule has 0 unspecified atom stereocenters. The monoisotopic (exact) mass is 461 g/mol. The van der Waals surface area contributed by atoms with E-state index in [-0.39, 0.29) is 17.0 Å². The molecule has 0 amide bonds. The van der Waals surface area contributed by atoms with Crippen molar-refractivity contribution in [3.8, 4) is 0 Å². The van der Waals surface area contributed by atoms with Gasteiger partial charge in [0.25, 0.3) is 0 Å². The standard InChI is InChI=1S/C26H55N.BrH/c1-4-6-7-8-9-10-11-12-13-14-15-16-17-18-19-20-21-22-23-24-26-27(3)25-5-2;/h4-26H2,1-3H3;1H. The molecule has 0 aromatic rings. The van der Waals surface area contributed by atoms with Crippen molar-refractivity contribution in [3.05, 3.63) is 0 Å². The van der Waals surface area contributed by atoms with E-state index in [1.54, 1.807) is 0 Å². The van der Waals surface area contributed by atoms with E-state index in [0.717, 1.165) is 0 Å². The number of hydrogen-bond acceptors (Lipinski definition) is 1. The van der Waals surface area contributed by atoms with Crippen LogP contribution < -0.4 is 0 Å². The van der Waals surface area contributed by atoms with E-state index in [1.165, 1.54) is 148 Å². The Morgan fingerprint density at radius 2 is 0.643 bits per heavy atom. The van der Waals surface area contributed by atoms with Gasteiger partial charge in [0.2, 0.25) is 0 Å². The van der Waals surface area contributed by atoms with Gasteiger partial charge in [-0.3, -0.25) is 0 Å². The Morgan fingerprint density at radius 3 is 0.929 bits per heavy atom. The first-order chi connectivity index (χ1) is 13.3. The predicted molar refractivity (Wildman–Crippen MR) is 136 cm³/mol. The summed E-state index contributed by atoms with van der Waals surface area (Å²) in [6, 6.07) is 0. The molecule has 0 radical (unpaired) electrons. The first kappa shape index (κ1) is 30.6. The van der Waals surface area contributed by atoms with Crippen LogP contribution in [0.1, 0.15) is 149 Å². The molecule has 0 bridgehead atoms. The van der Waals surface area contributed by atoms with E-state index < -0.39 is 0 Å². The second-order valence-electron chi connectivity index (χ2n) is 9.02. The maximum atomic E-state index is 2.48. The Morgan fingerprint density at radius 1 is 0.357 bits per heavy atom. The SMILES string of the molecule is Br.CCCCCCCCCCCCCCCCCCCCCCN(C)CCC. The topological polar surface area (TPSA) is 3.24 Å². The lowest BCUT2D eigenvalue weighted by Gasteiger charge is -2.14.